The van der Waals surface area contributed by atoms with Crippen LogP contribution in [0.1, 0.15) is 0 Å². The number of oxazole rings is 1. The Morgan fingerprint density at radius 1 is 0.654 bits per heavy atom. The molecule has 0 amide bonds. The largest absolute Gasteiger partial charge is 0.436 e. The number of hydrogen-bond donors (Lipinski definition) is 0. The zero-order valence-corrected chi connectivity index (χ0v) is 14.4. The van der Waals surface area contributed by atoms with Gasteiger partial charge in [-0.15, -0.1) is 0 Å². The summed E-state index contributed by atoms with van der Waals surface area (Å²) < 4.78 is 5.86. The summed E-state index contributed by atoms with van der Waals surface area (Å²) >= 11 is 0. The smallest absolute Gasteiger partial charge is 0.227 e. The second kappa shape index (κ2) is 5.89. The van der Waals surface area contributed by atoms with Crippen molar-refractivity contribution in [1.82, 2.24) is 4.98 Å². The van der Waals surface area contributed by atoms with Crippen molar-refractivity contribution in [2.45, 2.75) is 0 Å². The summed E-state index contributed by atoms with van der Waals surface area (Å²) in [4.78, 5) is 4.57. The Morgan fingerprint density at radius 3 is 2.19 bits per heavy atom. The van der Waals surface area contributed by atoms with Crippen molar-refractivity contribution in [2.24, 2.45) is 0 Å². The highest BCUT2D eigenvalue weighted by molar-refractivity contribution is 6.33. The van der Waals surface area contributed by atoms with E-state index in [1.54, 1.807) is 0 Å². The summed E-state index contributed by atoms with van der Waals surface area (Å²) in [5.41, 5.74) is 6.37. The van der Waals surface area contributed by atoms with Crippen LogP contribution < -0.4 is 5.46 Å². The first-order chi connectivity index (χ1) is 12.8. The Balaban J connectivity index is 1.52. The molecule has 3 heteroatoms. The van der Waals surface area contributed by atoms with Gasteiger partial charge in [-0.25, -0.2) is 4.98 Å². The number of para-hydroxylation sites is 2. The summed E-state index contributed by atoms with van der Waals surface area (Å²) in [6.07, 6.45) is 0. The third kappa shape index (κ3) is 2.58. The van der Waals surface area contributed by atoms with Gasteiger partial charge < -0.3 is 4.42 Å². The van der Waals surface area contributed by atoms with E-state index in [1.165, 1.54) is 27.4 Å². The first-order valence-electron chi connectivity index (χ1n) is 8.73. The SMILES string of the molecule is Bc1ccc2cc(-c3ccc(-c4nc5ccccc5o4)cc3)ccc2c1. The van der Waals surface area contributed by atoms with Gasteiger partial charge in [-0.3, -0.25) is 0 Å². The zero-order chi connectivity index (χ0) is 17.5. The van der Waals surface area contributed by atoms with Gasteiger partial charge in [0.05, 0.1) is 0 Å². The number of fused-ring (bicyclic) bond motifs is 2. The van der Waals surface area contributed by atoms with E-state index in [1.807, 2.05) is 24.3 Å². The van der Waals surface area contributed by atoms with E-state index >= 15 is 0 Å². The van der Waals surface area contributed by atoms with Crippen LogP contribution in [0.5, 0.6) is 0 Å². The second-order valence-electron chi connectivity index (χ2n) is 6.63. The van der Waals surface area contributed by atoms with Crippen LogP contribution in [-0.4, -0.2) is 12.8 Å². The molecule has 0 unspecified atom stereocenters. The molecule has 0 spiro atoms. The number of aromatic nitrogens is 1. The van der Waals surface area contributed by atoms with E-state index < -0.39 is 0 Å². The van der Waals surface area contributed by atoms with Gasteiger partial charge in [-0.1, -0.05) is 60.1 Å². The molecule has 0 aliphatic rings. The highest BCUT2D eigenvalue weighted by Gasteiger charge is 2.08. The summed E-state index contributed by atoms with van der Waals surface area (Å²) in [5.74, 6) is 0.659. The Morgan fingerprint density at radius 2 is 1.35 bits per heavy atom. The molecule has 122 valence electrons. The van der Waals surface area contributed by atoms with Crippen LogP contribution in [0.2, 0.25) is 0 Å². The molecule has 5 aromatic rings. The van der Waals surface area contributed by atoms with Crippen LogP contribution in [0, 0.1) is 0 Å². The van der Waals surface area contributed by atoms with E-state index in [0.29, 0.717) is 5.89 Å². The lowest BCUT2D eigenvalue weighted by molar-refractivity contribution is 0.620. The molecule has 0 atom stereocenters. The molecule has 4 aromatic carbocycles. The van der Waals surface area contributed by atoms with Gasteiger partial charge in [0.2, 0.25) is 5.89 Å². The van der Waals surface area contributed by atoms with Crippen LogP contribution in [0.3, 0.4) is 0 Å². The molecule has 0 radical (unpaired) electrons. The van der Waals surface area contributed by atoms with Crippen molar-refractivity contribution < 1.29 is 4.42 Å². The molecule has 0 bridgehead atoms. The van der Waals surface area contributed by atoms with Crippen molar-refractivity contribution in [2.75, 3.05) is 0 Å². The van der Waals surface area contributed by atoms with Crippen LogP contribution in [0.25, 0.3) is 44.5 Å². The van der Waals surface area contributed by atoms with Crippen LogP contribution >= 0.6 is 0 Å². The van der Waals surface area contributed by atoms with Gasteiger partial charge in [-0.2, -0.15) is 0 Å². The van der Waals surface area contributed by atoms with Gasteiger partial charge in [0.1, 0.15) is 13.4 Å². The van der Waals surface area contributed by atoms with E-state index in [9.17, 15) is 0 Å². The molecule has 2 nitrogen and oxygen atoms in total. The van der Waals surface area contributed by atoms with Crippen molar-refractivity contribution in [3.63, 3.8) is 0 Å². The Kier molecular flexibility index (Phi) is 3.39. The fraction of sp³-hybridized carbons (Fsp3) is 0. The van der Waals surface area contributed by atoms with Gasteiger partial charge in [0, 0.05) is 5.56 Å². The third-order valence-electron chi connectivity index (χ3n) is 4.75. The van der Waals surface area contributed by atoms with E-state index in [4.69, 9.17) is 4.42 Å². The van der Waals surface area contributed by atoms with Crippen molar-refractivity contribution >= 4 is 35.2 Å². The maximum atomic E-state index is 5.86. The lowest BCUT2D eigenvalue weighted by atomic mass is 9.92. The average molecular weight is 333 g/mol. The molecule has 0 aliphatic carbocycles. The molecular formula is C23H16BNO. The summed E-state index contributed by atoms with van der Waals surface area (Å²) in [6.45, 7) is 0. The topological polar surface area (TPSA) is 26.0 Å². The van der Waals surface area contributed by atoms with Crippen LogP contribution in [0.4, 0.5) is 0 Å². The minimum absolute atomic E-state index is 0.659. The Labute approximate surface area is 152 Å². The third-order valence-corrected chi connectivity index (χ3v) is 4.75. The van der Waals surface area contributed by atoms with Crippen molar-refractivity contribution in [3.8, 4) is 22.6 Å². The fourth-order valence-electron chi connectivity index (χ4n) is 3.35. The van der Waals surface area contributed by atoms with Crippen molar-refractivity contribution in [1.29, 1.82) is 0 Å². The molecule has 26 heavy (non-hydrogen) atoms. The first-order valence-corrected chi connectivity index (χ1v) is 8.73. The minimum Gasteiger partial charge on any atom is -0.436 e. The molecule has 0 saturated carbocycles. The molecule has 1 aromatic heterocycles. The number of benzene rings is 4. The minimum atomic E-state index is 0.659. The zero-order valence-electron chi connectivity index (χ0n) is 14.4. The molecule has 0 N–H and O–H groups in total. The maximum absolute atomic E-state index is 5.86. The van der Waals surface area contributed by atoms with Crippen molar-refractivity contribution in [3.05, 3.63) is 84.9 Å². The Bertz CT molecular complexity index is 1210. The molecular weight excluding hydrogens is 317 g/mol. The van der Waals surface area contributed by atoms with Gasteiger partial charge >= 0.3 is 0 Å². The maximum Gasteiger partial charge on any atom is 0.227 e. The normalized spacial score (nSPS) is 11.2. The number of nitrogens with zero attached hydrogens (tertiary/aromatic N) is 1. The molecule has 0 saturated heterocycles. The number of rotatable bonds is 2. The molecule has 0 aliphatic heterocycles. The van der Waals surface area contributed by atoms with Gasteiger partial charge in [0.15, 0.2) is 5.58 Å². The van der Waals surface area contributed by atoms with E-state index in [2.05, 4.69) is 73.5 Å². The molecule has 5 rings (SSSR count). The predicted octanol–water partition coefficient (Wildman–Crippen LogP) is 4.57. The monoisotopic (exact) mass is 333 g/mol. The standard InChI is InChI=1S/C23H16BNO/c24-20-12-11-18-13-17(9-10-19(18)14-20)15-5-7-16(8-6-15)23-25-21-3-1-2-4-22(21)26-23/h1-14H,24H2. The van der Waals surface area contributed by atoms with Gasteiger partial charge in [-0.05, 0) is 52.2 Å². The quantitative estimate of drug-likeness (QED) is 0.442. The number of hydrogen-bond acceptors (Lipinski definition) is 2. The lowest BCUT2D eigenvalue weighted by Gasteiger charge is -2.06. The van der Waals surface area contributed by atoms with Gasteiger partial charge in [0.25, 0.3) is 0 Å². The second-order valence-corrected chi connectivity index (χ2v) is 6.63. The highest BCUT2D eigenvalue weighted by atomic mass is 16.3. The summed E-state index contributed by atoms with van der Waals surface area (Å²) in [5, 5.41) is 2.54. The lowest BCUT2D eigenvalue weighted by Crippen LogP contribution is -1.99. The predicted molar refractivity (Wildman–Crippen MR) is 111 cm³/mol. The summed E-state index contributed by atoms with van der Waals surface area (Å²) in [7, 11) is 2.12. The Hall–Kier alpha value is -3.33. The molecule has 1 heterocycles. The molecule has 0 fully saturated rings. The van der Waals surface area contributed by atoms with Crippen LogP contribution in [-0.2, 0) is 0 Å². The van der Waals surface area contributed by atoms with E-state index in [0.717, 1.165) is 16.7 Å². The van der Waals surface area contributed by atoms with Crippen LogP contribution in [0.15, 0.2) is 89.3 Å². The average Bonchev–Trinajstić information content (AvgIpc) is 3.12. The fourth-order valence-corrected chi connectivity index (χ4v) is 3.35. The first kappa shape index (κ1) is 15.0. The highest BCUT2D eigenvalue weighted by Crippen LogP contribution is 2.28. The van der Waals surface area contributed by atoms with E-state index in [-0.39, 0.29) is 0 Å². The summed E-state index contributed by atoms with van der Waals surface area (Å²) in [6, 6.07) is 29.4.